The van der Waals surface area contributed by atoms with E-state index in [4.69, 9.17) is 14.6 Å². The molecule has 0 amide bonds. The molecular formula is C15H17NO4. The van der Waals surface area contributed by atoms with Gasteiger partial charge in [-0.05, 0) is 31.0 Å². The number of benzene rings is 1. The zero-order chi connectivity index (χ0) is 14.7. The van der Waals surface area contributed by atoms with E-state index in [1.807, 2.05) is 19.1 Å². The molecule has 0 bridgehead atoms. The molecule has 0 aliphatic carbocycles. The number of carboxylic acid groups (broad SMARTS) is 1. The molecule has 0 aliphatic heterocycles. The van der Waals surface area contributed by atoms with E-state index in [9.17, 15) is 4.79 Å². The zero-order valence-corrected chi connectivity index (χ0v) is 11.8. The Kier molecular flexibility index (Phi) is 4.08. The van der Waals surface area contributed by atoms with Crippen molar-refractivity contribution in [2.75, 3.05) is 14.2 Å². The second kappa shape index (κ2) is 5.77. The van der Waals surface area contributed by atoms with E-state index in [2.05, 4.69) is 4.98 Å². The lowest BCUT2D eigenvalue weighted by molar-refractivity contribution is -0.136. The number of hydrogen-bond acceptors (Lipinski definition) is 4. The maximum absolute atomic E-state index is 10.8. The fraction of sp³-hybridized carbons (Fsp3) is 0.333. The van der Waals surface area contributed by atoms with Crippen molar-refractivity contribution in [3.05, 3.63) is 29.5 Å². The van der Waals surface area contributed by atoms with Gasteiger partial charge < -0.3 is 14.6 Å². The maximum atomic E-state index is 10.8. The van der Waals surface area contributed by atoms with Crippen molar-refractivity contribution in [3.8, 4) is 11.5 Å². The molecule has 0 saturated heterocycles. The number of methoxy groups -OCH3 is 2. The van der Waals surface area contributed by atoms with Crippen molar-refractivity contribution in [1.29, 1.82) is 0 Å². The minimum Gasteiger partial charge on any atom is -0.497 e. The van der Waals surface area contributed by atoms with Crippen molar-refractivity contribution in [3.63, 3.8) is 0 Å². The van der Waals surface area contributed by atoms with Crippen LogP contribution in [0.15, 0.2) is 18.2 Å². The van der Waals surface area contributed by atoms with Gasteiger partial charge in [-0.1, -0.05) is 0 Å². The molecule has 2 aromatic rings. The third-order valence-corrected chi connectivity index (χ3v) is 3.13. The molecule has 20 heavy (non-hydrogen) atoms. The first-order chi connectivity index (χ1) is 9.55. The Balaban J connectivity index is 2.63. The summed E-state index contributed by atoms with van der Waals surface area (Å²) in [7, 11) is 3.16. The first-order valence-electron chi connectivity index (χ1n) is 6.29. The topological polar surface area (TPSA) is 68.7 Å². The standard InChI is InChI=1S/C15H17NO4/c1-9-6-10(4-5-14(17)18)12-7-11(19-2)8-13(20-3)15(12)16-9/h6-8H,4-5H2,1-3H3,(H,17,18). The van der Waals surface area contributed by atoms with Crippen LogP contribution >= 0.6 is 0 Å². The number of ether oxygens (including phenoxy) is 2. The number of aryl methyl sites for hydroxylation is 2. The molecule has 5 heteroatoms. The third kappa shape index (κ3) is 2.82. The summed E-state index contributed by atoms with van der Waals surface area (Å²) in [5.41, 5.74) is 2.50. The van der Waals surface area contributed by atoms with E-state index >= 15 is 0 Å². The molecule has 0 spiro atoms. The van der Waals surface area contributed by atoms with E-state index in [0.717, 1.165) is 22.2 Å². The van der Waals surface area contributed by atoms with Gasteiger partial charge >= 0.3 is 5.97 Å². The van der Waals surface area contributed by atoms with Crippen LogP contribution in [0.25, 0.3) is 10.9 Å². The van der Waals surface area contributed by atoms with Crippen LogP contribution < -0.4 is 9.47 Å². The van der Waals surface area contributed by atoms with Gasteiger partial charge in [0.15, 0.2) is 0 Å². The zero-order valence-electron chi connectivity index (χ0n) is 11.8. The molecule has 2 rings (SSSR count). The summed E-state index contributed by atoms with van der Waals surface area (Å²) in [6.07, 6.45) is 0.531. The first-order valence-corrected chi connectivity index (χ1v) is 6.29. The quantitative estimate of drug-likeness (QED) is 0.908. The Labute approximate surface area is 117 Å². The predicted molar refractivity (Wildman–Crippen MR) is 75.5 cm³/mol. The fourth-order valence-electron chi connectivity index (χ4n) is 2.20. The Morgan fingerprint density at radius 3 is 2.60 bits per heavy atom. The second-order valence-electron chi connectivity index (χ2n) is 4.54. The van der Waals surface area contributed by atoms with Crippen molar-refractivity contribution in [2.24, 2.45) is 0 Å². The fourth-order valence-corrected chi connectivity index (χ4v) is 2.20. The third-order valence-electron chi connectivity index (χ3n) is 3.13. The maximum Gasteiger partial charge on any atom is 0.303 e. The summed E-state index contributed by atoms with van der Waals surface area (Å²) in [5, 5.41) is 9.72. The van der Waals surface area contributed by atoms with Gasteiger partial charge in [-0.3, -0.25) is 4.79 Å². The number of aliphatic carboxylic acids is 1. The van der Waals surface area contributed by atoms with Crippen LogP contribution in [0.3, 0.4) is 0 Å². The van der Waals surface area contributed by atoms with Crippen LogP contribution in [0, 0.1) is 6.92 Å². The number of fused-ring (bicyclic) bond motifs is 1. The van der Waals surface area contributed by atoms with Crippen molar-refractivity contribution >= 4 is 16.9 Å². The number of pyridine rings is 1. The van der Waals surface area contributed by atoms with Crippen molar-refractivity contribution < 1.29 is 19.4 Å². The highest BCUT2D eigenvalue weighted by Crippen LogP contribution is 2.32. The normalized spacial score (nSPS) is 10.6. The molecule has 0 radical (unpaired) electrons. The lowest BCUT2D eigenvalue weighted by Crippen LogP contribution is -2.00. The van der Waals surface area contributed by atoms with Crippen molar-refractivity contribution in [1.82, 2.24) is 4.98 Å². The van der Waals surface area contributed by atoms with Crippen LogP contribution in [0.2, 0.25) is 0 Å². The van der Waals surface area contributed by atoms with E-state index in [1.165, 1.54) is 0 Å². The first kappa shape index (κ1) is 14.1. The second-order valence-corrected chi connectivity index (χ2v) is 4.54. The largest absolute Gasteiger partial charge is 0.497 e. The summed E-state index contributed by atoms with van der Waals surface area (Å²) in [6.45, 7) is 1.88. The highest BCUT2D eigenvalue weighted by atomic mass is 16.5. The van der Waals surface area contributed by atoms with Gasteiger partial charge in [0.2, 0.25) is 0 Å². The van der Waals surface area contributed by atoms with Gasteiger partial charge in [-0.15, -0.1) is 0 Å². The molecular weight excluding hydrogens is 258 g/mol. The molecule has 0 aliphatic rings. The van der Waals surface area contributed by atoms with Crippen LogP contribution in [-0.4, -0.2) is 30.3 Å². The number of carbonyl (C=O) groups is 1. The molecule has 0 fully saturated rings. The number of rotatable bonds is 5. The van der Waals surface area contributed by atoms with Crippen LogP contribution in [0.1, 0.15) is 17.7 Å². The number of carboxylic acids is 1. The molecule has 1 aromatic carbocycles. The molecule has 1 heterocycles. The minimum atomic E-state index is -0.817. The summed E-state index contributed by atoms with van der Waals surface area (Å²) in [5.74, 6) is 0.471. The van der Waals surface area contributed by atoms with E-state index < -0.39 is 5.97 Å². The summed E-state index contributed by atoms with van der Waals surface area (Å²) in [4.78, 5) is 15.3. The number of nitrogens with zero attached hydrogens (tertiary/aromatic N) is 1. The Bertz CT molecular complexity index is 652. The molecule has 0 atom stereocenters. The highest BCUT2D eigenvalue weighted by molar-refractivity contribution is 5.89. The Morgan fingerprint density at radius 1 is 1.25 bits per heavy atom. The van der Waals surface area contributed by atoms with Gasteiger partial charge in [-0.2, -0.15) is 0 Å². The molecule has 1 N–H and O–H groups in total. The molecule has 5 nitrogen and oxygen atoms in total. The Morgan fingerprint density at radius 2 is 2.00 bits per heavy atom. The molecule has 0 unspecified atom stereocenters. The number of hydrogen-bond donors (Lipinski definition) is 1. The molecule has 106 valence electrons. The van der Waals surface area contributed by atoms with Crippen LogP contribution in [-0.2, 0) is 11.2 Å². The van der Waals surface area contributed by atoms with Gasteiger partial charge in [0.05, 0.1) is 14.2 Å². The van der Waals surface area contributed by atoms with Crippen LogP contribution in [0.5, 0.6) is 11.5 Å². The monoisotopic (exact) mass is 275 g/mol. The highest BCUT2D eigenvalue weighted by Gasteiger charge is 2.12. The smallest absolute Gasteiger partial charge is 0.303 e. The average molecular weight is 275 g/mol. The van der Waals surface area contributed by atoms with Gasteiger partial charge in [0.1, 0.15) is 17.0 Å². The SMILES string of the molecule is COc1cc(OC)c2nc(C)cc(CCC(=O)O)c2c1. The summed E-state index contributed by atoms with van der Waals surface area (Å²) >= 11 is 0. The minimum absolute atomic E-state index is 0.0814. The van der Waals surface area contributed by atoms with Crippen molar-refractivity contribution in [2.45, 2.75) is 19.8 Å². The van der Waals surface area contributed by atoms with E-state index in [1.54, 1.807) is 20.3 Å². The van der Waals surface area contributed by atoms with Gasteiger partial charge in [0.25, 0.3) is 0 Å². The summed E-state index contributed by atoms with van der Waals surface area (Å²) in [6, 6.07) is 5.54. The summed E-state index contributed by atoms with van der Waals surface area (Å²) < 4.78 is 10.6. The number of aromatic nitrogens is 1. The van der Waals surface area contributed by atoms with Crippen LogP contribution in [0.4, 0.5) is 0 Å². The lowest BCUT2D eigenvalue weighted by atomic mass is 10.0. The van der Waals surface area contributed by atoms with E-state index in [0.29, 0.717) is 17.9 Å². The average Bonchev–Trinajstić information content (AvgIpc) is 2.43. The predicted octanol–water partition coefficient (Wildman–Crippen LogP) is 2.58. The van der Waals surface area contributed by atoms with Gasteiger partial charge in [0, 0.05) is 23.6 Å². The lowest BCUT2D eigenvalue weighted by Gasteiger charge is -2.12. The van der Waals surface area contributed by atoms with E-state index in [-0.39, 0.29) is 6.42 Å². The molecule has 1 aromatic heterocycles. The Hall–Kier alpha value is -2.30. The molecule has 0 saturated carbocycles. The van der Waals surface area contributed by atoms with Gasteiger partial charge in [-0.25, -0.2) is 4.98 Å².